The highest BCUT2D eigenvalue weighted by Crippen LogP contribution is 2.40. The van der Waals surface area contributed by atoms with Gasteiger partial charge in [0.1, 0.15) is 11.8 Å². The van der Waals surface area contributed by atoms with Gasteiger partial charge in [0.15, 0.2) is 0 Å². The van der Waals surface area contributed by atoms with Crippen LogP contribution in [0.25, 0.3) is 0 Å². The number of nitrogens with zero attached hydrogens (tertiary/aromatic N) is 1. The summed E-state index contributed by atoms with van der Waals surface area (Å²) < 4.78 is 11.1. The van der Waals surface area contributed by atoms with Crippen LogP contribution < -0.4 is 4.90 Å². The number of hydrogen-bond donors (Lipinski definition) is 0. The molecule has 0 bridgehead atoms. The van der Waals surface area contributed by atoms with Crippen molar-refractivity contribution >= 4 is 33.5 Å². The van der Waals surface area contributed by atoms with E-state index in [1.807, 2.05) is 18.2 Å². The first-order valence-corrected chi connectivity index (χ1v) is 7.60. The van der Waals surface area contributed by atoms with Gasteiger partial charge in [-0.2, -0.15) is 0 Å². The molecular weight excluding hydrogens is 350 g/mol. The van der Waals surface area contributed by atoms with E-state index in [0.29, 0.717) is 11.4 Å². The van der Waals surface area contributed by atoms with E-state index < -0.39 is 12.0 Å². The van der Waals surface area contributed by atoms with Crippen molar-refractivity contribution in [1.29, 1.82) is 0 Å². The molecule has 3 rings (SSSR count). The predicted octanol–water partition coefficient (Wildman–Crippen LogP) is 3.10. The molecule has 0 spiro atoms. The maximum atomic E-state index is 12.5. The third-order valence-corrected chi connectivity index (χ3v) is 4.46. The van der Waals surface area contributed by atoms with Gasteiger partial charge in [0, 0.05) is 10.9 Å². The molecule has 114 valence electrons. The van der Waals surface area contributed by atoms with E-state index in [-0.39, 0.29) is 18.2 Å². The van der Waals surface area contributed by atoms with Gasteiger partial charge in [0.2, 0.25) is 5.91 Å². The number of hydrogen-bond acceptors (Lipinski definition) is 4. The van der Waals surface area contributed by atoms with E-state index in [9.17, 15) is 9.59 Å². The van der Waals surface area contributed by atoms with Gasteiger partial charge in [-0.05, 0) is 40.2 Å². The standard InChI is InChI=1S/C16H14BrNO4/c1-21-16(20)15-10(13-7-4-8-22-13)9-14(19)18(15)12-6-3-2-5-11(12)17/h2-8,10,15H,9H2,1H3/t10-,15-/m1/s1. The van der Waals surface area contributed by atoms with Gasteiger partial charge in [0.25, 0.3) is 0 Å². The Morgan fingerprint density at radius 2 is 2.09 bits per heavy atom. The molecule has 0 radical (unpaired) electrons. The zero-order valence-corrected chi connectivity index (χ0v) is 13.4. The number of anilines is 1. The fourth-order valence-corrected chi connectivity index (χ4v) is 3.29. The molecule has 1 fully saturated rings. The Labute approximate surface area is 136 Å². The number of carbonyl (C=O) groups excluding carboxylic acids is 2. The summed E-state index contributed by atoms with van der Waals surface area (Å²) in [5, 5.41) is 0. The molecule has 2 aromatic rings. The smallest absolute Gasteiger partial charge is 0.329 e. The van der Waals surface area contributed by atoms with Gasteiger partial charge < -0.3 is 9.15 Å². The molecule has 0 N–H and O–H groups in total. The van der Waals surface area contributed by atoms with E-state index in [4.69, 9.17) is 9.15 Å². The molecule has 1 aliphatic rings. The summed E-state index contributed by atoms with van der Waals surface area (Å²) in [6.07, 6.45) is 1.74. The van der Waals surface area contributed by atoms with E-state index in [0.717, 1.165) is 4.47 Å². The average Bonchev–Trinajstić information content (AvgIpc) is 3.14. The highest BCUT2D eigenvalue weighted by atomic mass is 79.9. The lowest BCUT2D eigenvalue weighted by molar-refractivity contribution is -0.142. The molecule has 1 aliphatic heterocycles. The first kappa shape index (κ1) is 14.8. The van der Waals surface area contributed by atoms with Crippen LogP contribution in [0.4, 0.5) is 5.69 Å². The number of methoxy groups -OCH3 is 1. The number of halogens is 1. The molecule has 5 nitrogen and oxygen atoms in total. The highest BCUT2D eigenvalue weighted by Gasteiger charge is 2.48. The number of furan rings is 1. The number of rotatable bonds is 3. The highest BCUT2D eigenvalue weighted by molar-refractivity contribution is 9.10. The van der Waals surface area contributed by atoms with Crippen LogP contribution in [0.2, 0.25) is 0 Å². The van der Waals surface area contributed by atoms with Gasteiger partial charge >= 0.3 is 5.97 Å². The molecule has 0 saturated carbocycles. The zero-order chi connectivity index (χ0) is 15.7. The molecule has 22 heavy (non-hydrogen) atoms. The van der Waals surface area contributed by atoms with Crippen LogP contribution in [0.15, 0.2) is 51.6 Å². The van der Waals surface area contributed by atoms with Crippen molar-refractivity contribution in [2.24, 2.45) is 0 Å². The average molecular weight is 364 g/mol. The summed E-state index contributed by atoms with van der Waals surface area (Å²) in [7, 11) is 1.32. The Kier molecular flexibility index (Phi) is 4.02. The van der Waals surface area contributed by atoms with Crippen molar-refractivity contribution < 1.29 is 18.7 Å². The molecule has 0 aliphatic carbocycles. The van der Waals surface area contributed by atoms with Crippen LogP contribution >= 0.6 is 15.9 Å². The predicted molar refractivity (Wildman–Crippen MR) is 83.5 cm³/mol. The summed E-state index contributed by atoms with van der Waals surface area (Å²) >= 11 is 3.43. The van der Waals surface area contributed by atoms with E-state index in [1.54, 1.807) is 18.2 Å². The van der Waals surface area contributed by atoms with E-state index >= 15 is 0 Å². The van der Waals surface area contributed by atoms with E-state index in [1.165, 1.54) is 18.3 Å². The minimum absolute atomic E-state index is 0.135. The number of amides is 1. The van der Waals surface area contributed by atoms with Crippen LogP contribution in [0.5, 0.6) is 0 Å². The van der Waals surface area contributed by atoms with Crippen molar-refractivity contribution in [2.45, 2.75) is 18.4 Å². The van der Waals surface area contributed by atoms with Gasteiger partial charge in [-0.3, -0.25) is 9.69 Å². The summed E-state index contributed by atoms with van der Waals surface area (Å²) in [5.74, 6) is -0.341. The number of carbonyl (C=O) groups is 2. The SMILES string of the molecule is COC(=O)[C@H]1[C@@H](c2ccco2)CC(=O)N1c1ccccc1Br. The maximum Gasteiger partial charge on any atom is 0.329 e. The minimum atomic E-state index is -0.734. The Balaban J connectivity index is 2.06. The minimum Gasteiger partial charge on any atom is -0.469 e. The zero-order valence-electron chi connectivity index (χ0n) is 11.9. The first-order valence-electron chi connectivity index (χ1n) is 6.81. The molecule has 6 heteroatoms. The third kappa shape index (κ3) is 2.43. The number of para-hydroxylation sites is 1. The summed E-state index contributed by atoms with van der Waals surface area (Å²) in [6, 6.07) is 10.1. The molecule has 0 unspecified atom stereocenters. The molecule has 1 amide bonds. The first-order chi connectivity index (χ1) is 10.6. The summed E-state index contributed by atoms with van der Waals surface area (Å²) in [4.78, 5) is 26.3. The number of benzene rings is 1. The largest absolute Gasteiger partial charge is 0.469 e. The fourth-order valence-electron chi connectivity index (χ4n) is 2.81. The van der Waals surface area contributed by atoms with Crippen molar-refractivity contribution in [3.05, 3.63) is 52.9 Å². The molecule has 2 heterocycles. The van der Waals surface area contributed by atoms with Crippen LogP contribution in [-0.4, -0.2) is 25.0 Å². The molecule has 1 aromatic heterocycles. The maximum absolute atomic E-state index is 12.5. The van der Waals surface area contributed by atoms with Crippen LogP contribution in [-0.2, 0) is 14.3 Å². The number of esters is 1. The Morgan fingerprint density at radius 1 is 1.32 bits per heavy atom. The quantitative estimate of drug-likeness (QED) is 0.786. The number of ether oxygens (including phenoxy) is 1. The van der Waals surface area contributed by atoms with Gasteiger partial charge in [-0.25, -0.2) is 4.79 Å². The Hall–Kier alpha value is -2.08. The van der Waals surface area contributed by atoms with Crippen molar-refractivity contribution in [1.82, 2.24) is 0 Å². The second kappa shape index (κ2) is 5.96. The van der Waals surface area contributed by atoms with Crippen molar-refractivity contribution in [3.8, 4) is 0 Å². The van der Waals surface area contributed by atoms with Crippen LogP contribution in [0.1, 0.15) is 18.1 Å². The summed E-state index contributed by atoms with van der Waals surface area (Å²) in [5.41, 5.74) is 0.650. The van der Waals surface area contributed by atoms with Crippen LogP contribution in [0, 0.1) is 0 Å². The summed E-state index contributed by atoms with van der Waals surface area (Å²) in [6.45, 7) is 0. The second-order valence-electron chi connectivity index (χ2n) is 5.01. The third-order valence-electron chi connectivity index (χ3n) is 3.79. The second-order valence-corrected chi connectivity index (χ2v) is 5.86. The molecule has 1 aromatic carbocycles. The van der Waals surface area contributed by atoms with E-state index in [2.05, 4.69) is 15.9 Å². The molecule has 1 saturated heterocycles. The normalized spacial score (nSPS) is 21.2. The lowest BCUT2D eigenvalue weighted by Crippen LogP contribution is -2.41. The van der Waals surface area contributed by atoms with Crippen molar-refractivity contribution in [2.75, 3.05) is 12.0 Å². The van der Waals surface area contributed by atoms with Gasteiger partial charge in [-0.15, -0.1) is 0 Å². The molecule has 2 atom stereocenters. The monoisotopic (exact) mass is 363 g/mol. The fraction of sp³-hybridized carbons (Fsp3) is 0.250. The Morgan fingerprint density at radius 3 is 2.73 bits per heavy atom. The van der Waals surface area contributed by atoms with Crippen LogP contribution in [0.3, 0.4) is 0 Å². The topological polar surface area (TPSA) is 59.8 Å². The van der Waals surface area contributed by atoms with Gasteiger partial charge in [0.05, 0.1) is 25.0 Å². The Bertz CT molecular complexity index is 698. The lowest BCUT2D eigenvalue weighted by Gasteiger charge is -2.26. The van der Waals surface area contributed by atoms with Gasteiger partial charge in [-0.1, -0.05) is 12.1 Å². The van der Waals surface area contributed by atoms with Crippen molar-refractivity contribution in [3.63, 3.8) is 0 Å². The molecular formula is C16H14BrNO4. The lowest BCUT2D eigenvalue weighted by atomic mass is 9.97.